The van der Waals surface area contributed by atoms with Crippen LogP contribution in [0.5, 0.6) is 0 Å². The lowest BCUT2D eigenvalue weighted by atomic mass is 10.1. The van der Waals surface area contributed by atoms with Gasteiger partial charge in [-0.25, -0.2) is 0 Å². The van der Waals surface area contributed by atoms with Crippen molar-refractivity contribution in [2.24, 2.45) is 7.05 Å². The summed E-state index contributed by atoms with van der Waals surface area (Å²) >= 11 is 6.33. The second-order valence-corrected chi connectivity index (χ2v) is 5.53. The molecule has 0 aliphatic rings. The molecule has 3 nitrogen and oxygen atoms in total. The fourth-order valence-corrected chi connectivity index (χ4v) is 2.81. The number of allylic oxidation sites excluding steroid dienone is 1. The fourth-order valence-electron chi connectivity index (χ4n) is 2.52. The number of hydrogen-bond donors (Lipinski definition) is 0. The summed E-state index contributed by atoms with van der Waals surface area (Å²) in [5.41, 5.74) is 2.88. The number of para-hydroxylation sites is 1. The molecule has 112 valence electrons. The van der Waals surface area contributed by atoms with E-state index in [4.69, 9.17) is 16.9 Å². The molecule has 23 heavy (non-hydrogen) atoms. The molecule has 1 heterocycles. The Balaban J connectivity index is 1.96. The third-order valence-corrected chi connectivity index (χ3v) is 4.19. The van der Waals surface area contributed by atoms with Crippen LogP contribution in [0.15, 0.2) is 54.6 Å². The van der Waals surface area contributed by atoms with Crippen LogP contribution in [0.25, 0.3) is 17.0 Å². The summed E-state index contributed by atoms with van der Waals surface area (Å²) in [4.78, 5) is 12.6. The standard InChI is InChI=1S/C19H13ClN2O/c1-22-16-5-3-2-4-15(16)18(19(22)20)17(23)11-10-13-6-8-14(12-21)9-7-13/h2-11H,1H3. The van der Waals surface area contributed by atoms with Gasteiger partial charge in [-0.3, -0.25) is 4.79 Å². The Labute approximate surface area is 139 Å². The third kappa shape index (κ3) is 2.77. The van der Waals surface area contributed by atoms with E-state index in [-0.39, 0.29) is 5.78 Å². The van der Waals surface area contributed by atoms with E-state index in [1.54, 1.807) is 34.9 Å². The van der Waals surface area contributed by atoms with Gasteiger partial charge in [-0.05, 0) is 29.8 Å². The van der Waals surface area contributed by atoms with Crippen LogP contribution >= 0.6 is 11.6 Å². The first-order chi connectivity index (χ1) is 11.1. The minimum atomic E-state index is -0.142. The van der Waals surface area contributed by atoms with Gasteiger partial charge in [-0.2, -0.15) is 5.26 Å². The first kappa shape index (κ1) is 15.1. The number of nitrogens with zero attached hydrogens (tertiary/aromatic N) is 2. The summed E-state index contributed by atoms with van der Waals surface area (Å²) < 4.78 is 1.81. The van der Waals surface area contributed by atoms with Crippen LogP contribution in [0.3, 0.4) is 0 Å². The van der Waals surface area contributed by atoms with E-state index in [9.17, 15) is 4.79 Å². The lowest BCUT2D eigenvalue weighted by Gasteiger charge is -1.97. The van der Waals surface area contributed by atoms with Crippen molar-refractivity contribution in [1.82, 2.24) is 4.57 Å². The lowest BCUT2D eigenvalue weighted by Crippen LogP contribution is -1.95. The largest absolute Gasteiger partial charge is 0.334 e. The molecular weight excluding hydrogens is 308 g/mol. The van der Waals surface area contributed by atoms with Crippen molar-refractivity contribution >= 4 is 34.4 Å². The Morgan fingerprint density at radius 1 is 1.17 bits per heavy atom. The maximum atomic E-state index is 12.6. The maximum Gasteiger partial charge on any atom is 0.189 e. The van der Waals surface area contributed by atoms with Crippen molar-refractivity contribution in [3.05, 3.63) is 76.5 Å². The van der Waals surface area contributed by atoms with Crippen molar-refractivity contribution in [3.8, 4) is 6.07 Å². The average molecular weight is 321 g/mol. The highest BCUT2D eigenvalue weighted by molar-refractivity contribution is 6.36. The number of aryl methyl sites for hydroxylation is 1. The zero-order valence-corrected chi connectivity index (χ0v) is 13.2. The summed E-state index contributed by atoms with van der Waals surface area (Å²) in [6.45, 7) is 0. The highest BCUT2D eigenvalue weighted by Gasteiger charge is 2.17. The SMILES string of the molecule is Cn1c(Cl)c(C(=O)C=Cc2ccc(C#N)cc2)c2ccccc21. The van der Waals surface area contributed by atoms with Gasteiger partial charge in [0.2, 0.25) is 0 Å². The first-order valence-electron chi connectivity index (χ1n) is 7.07. The maximum absolute atomic E-state index is 12.6. The normalized spacial score (nSPS) is 11.0. The molecule has 2 aromatic carbocycles. The summed E-state index contributed by atoms with van der Waals surface area (Å²) in [5, 5.41) is 10.1. The van der Waals surface area contributed by atoms with Crippen LogP contribution in [0, 0.1) is 11.3 Å². The number of nitriles is 1. The molecule has 0 atom stereocenters. The Morgan fingerprint density at radius 3 is 2.57 bits per heavy atom. The number of aromatic nitrogens is 1. The zero-order chi connectivity index (χ0) is 16.4. The fraction of sp³-hybridized carbons (Fsp3) is 0.0526. The molecule has 0 saturated heterocycles. The molecule has 0 unspecified atom stereocenters. The van der Waals surface area contributed by atoms with Crippen LogP contribution in [0.4, 0.5) is 0 Å². The van der Waals surface area contributed by atoms with Gasteiger partial charge in [0.15, 0.2) is 5.78 Å². The Bertz CT molecular complexity index is 959. The summed E-state index contributed by atoms with van der Waals surface area (Å²) in [6.07, 6.45) is 3.23. The van der Waals surface area contributed by atoms with E-state index in [0.29, 0.717) is 16.3 Å². The van der Waals surface area contributed by atoms with Gasteiger partial charge in [0.1, 0.15) is 5.15 Å². The number of rotatable bonds is 3. The molecule has 1 aromatic heterocycles. The molecule has 4 heteroatoms. The second-order valence-electron chi connectivity index (χ2n) is 5.17. The zero-order valence-electron chi connectivity index (χ0n) is 12.5. The number of carbonyl (C=O) groups is 1. The molecule has 0 aliphatic carbocycles. The molecule has 3 aromatic rings. The van der Waals surface area contributed by atoms with Crippen molar-refractivity contribution in [1.29, 1.82) is 5.26 Å². The van der Waals surface area contributed by atoms with Crippen molar-refractivity contribution in [3.63, 3.8) is 0 Å². The molecule has 0 saturated carbocycles. The quantitative estimate of drug-likeness (QED) is 0.523. The van der Waals surface area contributed by atoms with E-state index in [1.165, 1.54) is 6.08 Å². The summed E-state index contributed by atoms with van der Waals surface area (Å²) in [6, 6.07) is 16.7. The number of benzene rings is 2. The van der Waals surface area contributed by atoms with Gasteiger partial charge in [-0.15, -0.1) is 0 Å². The number of fused-ring (bicyclic) bond motifs is 1. The number of halogens is 1. The van der Waals surface area contributed by atoms with Crippen LogP contribution in [0.2, 0.25) is 5.15 Å². The number of ketones is 1. The van der Waals surface area contributed by atoms with Crippen molar-refractivity contribution in [2.45, 2.75) is 0 Å². The predicted octanol–water partition coefficient (Wildman–Crippen LogP) is 4.60. The first-order valence-corrected chi connectivity index (χ1v) is 7.45. The molecule has 0 aliphatic heterocycles. The van der Waals surface area contributed by atoms with Gasteiger partial charge >= 0.3 is 0 Å². The monoisotopic (exact) mass is 320 g/mol. The van der Waals surface area contributed by atoms with E-state index in [0.717, 1.165) is 16.5 Å². The molecule has 0 N–H and O–H groups in total. The van der Waals surface area contributed by atoms with Gasteiger partial charge in [0.25, 0.3) is 0 Å². The lowest BCUT2D eigenvalue weighted by molar-refractivity contribution is 0.104. The van der Waals surface area contributed by atoms with Crippen LogP contribution in [-0.4, -0.2) is 10.4 Å². The van der Waals surface area contributed by atoms with Gasteiger partial charge in [0.05, 0.1) is 17.2 Å². The average Bonchev–Trinajstić information content (AvgIpc) is 2.85. The summed E-state index contributed by atoms with van der Waals surface area (Å²) in [7, 11) is 1.84. The van der Waals surface area contributed by atoms with Gasteiger partial charge in [-0.1, -0.05) is 48.0 Å². The van der Waals surface area contributed by atoms with E-state index in [2.05, 4.69) is 6.07 Å². The molecule has 0 fully saturated rings. The Kier molecular flexibility index (Phi) is 4.01. The molecule has 0 spiro atoms. The summed E-state index contributed by atoms with van der Waals surface area (Å²) in [5.74, 6) is -0.142. The molecule has 0 amide bonds. The second kappa shape index (κ2) is 6.12. The smallest absolute Gasteiger partial charge is 0.189 e. The van der Waals surface area contributed by atoms with E-state index < -0.39 is 0 Å². The van der Waals surface area contributed by atoms with Gasteiger partial charge < -0.3 is 4.57 Å². The Morgan fingerprint density at radius 2 is 1.87 bits per heavy atom. The van der Waals surface area contributed by atoms with Crippen molar-refractivity contribution < 1.29 is 4.79 Å². The Hall–Kier alpha value is -2.83. The molecule has 0 radical (unpaired) electrons. The van der Waals surface area contributed by atoms with Crippen LogP contribution in [0.1, 0.15) is 21.5 Å². The number of hydrogen-bond acceptors (Lipinski definition) is 2. The molecule has 0 bridgehead atoms. The van der Waals surface area contributed by atoms with Crippen molar-refractivity contribution in [2.75, 3.05) is 0 Å². The highest BCUT2D eigenvalue weighted by atomic mass is 35.5. The predicted molar refractivity (Wildman–Crippen MR) is 92.5 cm³/mol. The minimum Gasteiger partial charge on any atom is -0.334 e. The van der Waals surface area contributed by atoms with Gasteiger partial charge in [0, 0.05) is 18.0 Å². The van der Waals surface area contributed by atoms with Crippen LogP contribution < -0.4 is 0 Å². The van der Waals surface area contributed by atoms with E-state index >= 15 is 0 Å². The highest BCUT2D eigenvalue weighted by Crippen LogP contribution is 2.29. The minimum absolute atomic E-state index is 0.142. The molecular formula is C19H13ClN2O. The van der Waals surface area contributed by atoms with Crippen LogP contribution in [-0.2, 0) is 7.05 Å². The molecule has 3 rings (SSSR count). The number of carbonyl (C=O) groups excluding carboxylic acids is 1. The third-order valence-electron chi connectivity index (χ3n) is 3.75. The topological polar surface area (TPSA) is 45.8 Å². The van der Waals surface area contributed by atoms with E-state index in [1.807, 2.05) is 31.3 Å².